The van der Waals surface area contributed by atoms with Crippen LogP contribution in [0.4, 0.5) is 0 Å². The van der Waals surface area contributed by atoms with E-state index in [-0.39, 0.29) is 17.4 Å². The van der Waals surface area contributed by atoms with Crippen LogP contribution in [0.15, 0.2) is 18.2 Å². The van der Waals surface area contributed by atoms with Gasteiger partial charge in [0.15, 0.2) is 0 Å². The van der Waals surface area contributed by atoms with Gasteiger partial charge in [-0.1, -0.05) is 32.8 Å². The number of phenolic OH excluding ortho intramolecular Hbond substituents is 1. The Bertz CT molecular complexity index is 425. The normalized spacial score (nSPS) is 18.8. The molecule has 1 aliphatic heterocycles. The van der Waals surface area contributed by atoms with Crippen molar-refractivity contribution in [3.63, 3.8) is 0 Å². The van der Waals surface area contributed by atoms with Crippen LogP contribution < -0.4 is 10.5 Å². The average Bonchev–Trinajstić information content (AvgIpc) is 2.38. The number of ether oxygens (including phenoxy) is 1. The van der Waals surface area contributed by atoms with Crippen LogP contribution in [0.5, 0.6) is 11.5 Å². The highest BCUT2D eigenvalue weighted by atomic mass is 16.5. The molecule has 0 fully saturated rings. The molecule has 0 saturated carbocycles. The molecule has 3 nitrogen and oxygen atoms in total. The van der Waals surface area contributed by atoms with E-state index in [1.165, 1.54) is 5.56 Å². The van der Waals surface area contributed by atoms with Crippen molar-refractivity contribution in [3.05, 3.63) is 23.8 Å². The second-order valence-corrected chi connectivity index (χ2v) is 5.67. The van der Waals surface area contributed by atoms with Gasteiger partial charge in [0.25, 0.3) is 0 Å². The fourth-order valence-corrected chi connectivity index (χ4v) is 3.14. The van der Waals surface area contributed by atoms with Crippen molar-refractivity contribution >= 4 is 0 Å². The lowest BCUT2D eigenvalue weighted by molar-refractivity contribution is 0.0746. The summed E-state index contributed by atoms with van der Waals surface area (Å²) in [6.45, 7) is 4.33. The molecule has 1 aliphatic rings. The van der Waals surface area contributed by atoms with E-state index < -0.39 is 0 Å². The standard InChI is InChI=1S/C16H25NO2/c1-3-9-16(17,10-4-2)15-8-6-12-5-7-13(18)11-14(12)19-15/h5,7,11,15,18H,3-4,6,8-10,17H2,1-2H3. The van der Waals surface area contributed by atoms with Gasteiger partial charge in [-0.25, -0.2) is 0 Å². The highest BCUT2D eigenvalue weighted by molar-refractivity contribution is 5.41. The number of hydrogen-bond acceptors (Lipinski definition) is 3. The zero-order chi connectivity index (χ0) is 13.9. The monoisotopic (exact) mass is 263 g/mol. The summed E-state index contributed by atoms with van der Waals surface area (Å²) >= 11 is 0. The number of benzene rings is 1. The van der Waals surface area contributed by atoms with E-state index in [2.05, 4.69) is 13.8 Å². The van der Waals surface area contributed by atoms with E-state index >= 15 is 0 Å². The lowest BCUT2D eigenvalue weighted by Gasteiger charge is -2.40. The maximum atomic E-state index is 9.57. The third kappa shape index (κ3) is 3.03. The summed E-state index contributed by atoms with van der Waals surface area (Å²) in [5, 5.41) is 9.57. The number of hydrogen-bond donors (Lipinski definition) is 2. The number of rotatable bonds is 5. The number of nitrogens with two attached hydrogens (primary N) is 1. The molecule has 1 atom stereocenters. The van der Waals surface area contributed by atoms with Gasteiger partial charge in [-0.05, 0) is 37.3 Å². The summed E-state index contributed by atoms with van der Waals surface area (Å²) in [6.07, 6.45) is 6.12. The van der Waals surface area contributed by atoms with Gasteiger partial charge in [0.1, 0.15) is 17.6 Å². The van der Waals surface area contributed by atoms with Crippen LogP contribution in [0.2, 0.25) is 0 Å². The molecule has 1 aromatic rings. The molecule has 0 aliphatic carbocycles. The van der Waals surface area contributed by atoms with Gasteiger partial charge >= 0.3 is 0 Å². The van der Waals surface area contributed by atoms with Crippen molar-refractivity contribution in [2.45, 2.75) is 64.0 Å². The Hall–Kier alpha value is -1.22. The lowest BCUT2D eigenvalue weighted by atomic mass is 9.80. The zero-order valence-electron chi connectivity index (χ0n) is 12.0. The molecule has 2 rings (SSSR count). The first-order valence-electron chi connectivity index (χ1n) is 7.36. The predicted molar refractivity (Wildman–Crippen MR) is 77.6 cm³/mol. The maximum absolute atomic E-state index is 9.57. The van der Waals surface area contributed by atoms with Crippen molar-refractivity contribution in [2.24, 2.45) is 5.73 Å². The molecule has 1 unspecified atom stereocenters. The number of aromatic hydroxyl groups is 1. The van der Waals surface area contributed by atoms with E-state index in [0.717, 1.165) is 44.3 Å². The van der Waals surface area contributed by atoms with Crippen LogP contribution in [0.3, 0.4) is 0 Å². The van der Waals surface area contributed by atoms with E-state index in [0.29, 0.717) is 0 Å². The number of fused-ring (bicyclic) bond motifs is 1. The van der Waals surface area contributed by atoms with Crippen molar-refractivity contribution in [3.8, 4) is 11.5 Å². The second-order valence-electron chi connectivity index (χ2n) is 5.67. The average molecular weight is 263 g/mol. The Morgan fingerprint density at radius 3 is 2.63 bits per heavy atom. The number of aryl methyl sites for hydroxylation is 1. The van der Waals surface area contributed by atoms with Crippen molar-refractivity contribution < 1.29 is 9.84 Å². The van der Waals surface area contributed by atoms with Gasteiger partial charge in [-0.2, -0.15) is 0 Å². The first kappa shape index (κ1) is 14.2. The van der Waals surface area contributed by atoms with Crippen molar-refractivity contribution in [2.75, 3.05) is 0 Å². The summed E-state index contributed by atoms with van der Waals surface area (Å²) in [6, 6.07) is 5.37. The molecule has 1 heterocycles. The summed E-state index contributed by atoms with van der Waals surface area (Å²) in [5.74, 6) is 1.06. The Morgan fingerprint density at radius 1 is 1.32 bits per heavy atom. The minimum absolute atomic E-state index is 0.0571. The molecule has 3 heteroatoms. The highest BCUT2D eigenvalue weighted by Gasteiger charge is 2.37. The fourth-order valence-electron chi connectivity index (χ4n) is 3.14. The van der Waals surface area contributed by atoms with Crippen LogP contribution in [0, 0.1) is 0 Å². The summed E-state index contributed by atoms with van der Waals surface area (Å²) in [4.78, 5) is 0. The summed E-state index contributed by atoms with van der Waals surface area (Å²) in [7, 11) is 0. The molecule has 0 radical (unpaired) electrons. The van der Waals surface area contributed by atoms with Crippen molar-refractivity contribution in [1.29, 1.82) is 0 Å². The Kier molecular flexibility index (Phi) is 4.35. The molecule has 0 aromatic heterocycles. The number of phenols is 1. The molecule has 19 heavy (non-hydrogen) atoms. The van der Waals surface area contributed by atoms with Gasteiger partial charge in [0, 0.05) is 6.07 Å². The van der Waals surface area contributed by atoms with Crippen LogP contribution in [0.25, 0.3) is 0 Å². The molecule has 0 spiro atoms. The van der Waals surface area contributed by atoms with E-state index in [1.807, 2.05) is 6.07 Å². The molecule has 1 aromatic carbocycles. The lowest BCUT2D eigenvalue weighted by Crippen LogP contribution is -2.54. The van der Waals surface area contributed by atoms with E-state index in [9.17, 15) is 5.11 Å². The molecule has 0 saturated heterocycles. The SMILES string of the molecule is CCCC(N)(CCC)C1CCc2ccc(O)cc2O1. The van der Waals surface area contributed by atoms with Gasteiger partial charge in [0.2, 0.25) is 0 Å². The van der Waals surface area contributed by atoms with Gasteiger partial charge in [-0.3, -0.25) is 0 Å². The molecule has 3 N–H and O–H groups in total. The quantitative estimate of drug-likeness (QED) is 0.856. The molecule has 0 amide bonds. The molecular formula is C16H25NO2. The first-order valence-corrected chi connectivity index (χ1v) is 7.36. The highest BCUT2D eigenvalue weighted by Crippen LogP contribution is 2.36. The molecule has 106 valence electrons. The Morgan fingerprint density at radius 2 is 2.00 bits per heavy atom. The van der Waals surface area contributed by atoms with Crippen LogP contribution in [0.1, 0.15) is 51.5 Å². The predicted octanol–water partition coefficient (Wildman–Crippen LogP) is 3.38. The summed E-state index contributed by atoms with van der Waals surface area (Å²) < 4.78 is 6.10. The largest absolute Gasteiger partial charge is 0.508 e. The van der Waals surface area contributed by atoms with E-state index in [4.69, 9.17) is 10.5 Å². The van der Waals surface area contributed by atoms with Crippen LogP contribution in [-0.4, -0.2) is 16.7 Å². The minimum atomic E-state index is -0.243. The van der Waals surface area contributed by atoms with Gasteiger partial charge in [0.05, 0.1) is 5.54 Å². The topological polar surface area (TPSA) is 55.5 Å². The maximum Gasteiger partial charge on any atom is 0.126 e. The minimum Gasteiger partial charge on any atom is -0.508 e. The molecule has 0 bridgehead atoms. The Balaban J connectivity index is 2.19. The third-order valence-electron chi connectivity index (χ3n) is 4.07. The Labute approximate surface area is 115 Å². The third-order valence-corrected chi connectivity index (χ3v) is 4.07. The zero-order valence-corrected chi connectivity index (χ0v) is 12.0. The van der Waals surface area contributed by atoms with Gasteiger partial charge < -0.3 is 15.6 Å². The van der Waals surface area contributed by atoms with E-state index in [1.54, 1.807) is 12.1 Å². The van der Waals surface area contributed by atoms with Crippen LogP contribution >= 0.6 is 0 Å². The van der Waals surface area contributed by atoms with Crippen molar-refractivity contribution in [1.82, 2.24) is 0 Å². The van der Waals surface area contributed by atoms with Gasteiger partial charge in [-0.15, -0.1) is 0 Å². The second kappa shape index (κ2) is 5.83. The fraction of sp³-hybridized carbons (Fsp3) is 0.625. The molecular weight excluding hydrogens is 238 g/mol. The first-order chi connectivity index (χ1) is 9.09. The summed E-state index contributed by atoms with van der Waals surface area (Å²) in [5.41, 5.74) is 7.53. The smallest absolute Gasteiger partial charge is 0.126 e. The van der Waals surface area contributed by atoms with Crippen LogP contribution in [-0.2, 0) is 6.42 Å².